The standard InChI is InChI=1S/C17H18N4OS/c1-10(2)16-13(8-18)21-17(19-16)23-15(20-21)9-22-14-7-5-6-11(3)12(14)4/h5-7,10H,9H2,1-4H3. The van der Waals surface area contributed by atoms with Gasteiger partial charge in [-0.3, -0.25) is 0 Å². The van der Waals surface area contributed by atoms with Crippen LogP contribution < -0.4 is 4.74 Å². The number of rotatable bonds is 4. The fourth-order valence-electron chi connectivity index (χ4n) is 2.39. The number of hydrogen-bond donors (Lipinski definition) is 0. The minimum Gasteiger partial charge on any atom is -0.486 e. The molecule has 0 N–H and O–H groups in total. The largest absolute Gasteiger partial charge is 0.486 e. The lowest BCUT2D eigenvalue weighted by molar-refractivity contribution is 0.301. The molecule has 0 atom stereocenters. The maximum atomic E-state index is 9.36. The minimum atomic E-state index is 0.202. The van der Waals surface area contributed by atoms with Crippen molar-refractivity contribution in [2.75, 3.05) is 0 Å². The van der Waals surface area contributed by atoms with Crippen LogP contribution in [0.4, 0.5) is 0 Å². The Hall–Kier alpha value is -2.39. The first-order valence-electron chi connectivity index (χ1n) is 7.48. The van der Waals surface area contributed by atoms with Crippen LogP contribution >= 0.6 is 11.3 Å². The summed E-state index contributed by atoms with van der Waals surface area (Å²) in [5, 5.41) is 14.6. The van der Waals surface area contributed by atoms with Gasteiger partial charge in [0.1, 0.15) is 18.4 Å². The van der Waals surface area contributed by atoms with Gasteiger partial charge in [-0.1, -0.05) is 37.3 Å². The maximum Gasteiger partial charge on any atom is 0.213 e. The van der Waals surface area contributed by atoms with Gasteiger partial charge in [0.15, 0.2) is 10.7 Å². The van der Waals surface area contributed by atoms with Gasteiger partial charge in [0.25, 0.3) is 0 Å². The van der Waals surface area contributed by atoms with Crippen molar-refractivity contribution in [1.29, 1.82) is 5.26 Å². The van der Waals surface area contributed by atoms with E-state index >= 15 is 0 Å². The van der Waals surface area contributed by atoms with Crippen molar-refractivity contribution < 1.29 is 4.74 Å². The Labute approximate surface area is 139 Å². The summed E-state index contributed by atoms with van der Waals surface area (Å²) in [7, 11) is 0. The van der Waals surface area contributed by atoms with E-state index in [0.29, 0.717) is 12.3 Å². The van der Waals surface area contributed by atoms with E-state index in [2.05, 4.69) is 29.1 Å². The summed E-state index contributed by atoms with van der Waals surface area (Å²) < 4.78 is 7.50. The Bertz CT molecular complexity index is 901. The average Bonchev–Trinajstić information content (AvgIpc) is 3.05. The third-order valence-corrected chi connectivity index (χ3v) is 4.71. The zero-order valence-electron chi connectivity index (χ0n) is 13.6. The van der Waals surface area contributed by atoms with E-state index in [1.165, 1.54) is 16.9 Å². The third-order valence-electron chi connectivity index (χ3n) is 3.83. The fourth-order valence-corrected chi connectivity index (χ4v) is 3.20. The van der Waals surface area contributed by atoms with Crippen LogP contribution in [0.5, 0.6) is 5.75 Å². The SMILES string of the molecule is Cc1cccc(OCc2nn3c(C#N)c(C(C)C)nc3s2)c1C. The van der Waals surface area contributed by atoms with Gasteiger partial charge in [0.05, 0.1) is 5.69 Å². The monoisotopic (exact) mass is 326 g/mol. The highest BCUT2D eigenvalue weighted by Crippen LogP contribution is 2.25. The Morgan fingerprint density at radius 1 is 1.35 bits per heavy atom. The number of hydrogen-bond acceptors (Lipinski definition) is 5. The van der Waals surface area contributed by atoms with E-state index in [1.807, 2.05) is 32.9 Å². The van der Waals surface area contributed by atoms with E-state index in [1.54, 1.807) is 4.52 Å². The van der Waals surface area contributed by atoms with E-state index in [0.717, 1.165) is 27.0 Å². The van der Waals surface area contributed by atoms with Crippen LogP contribution in [0.3, 0.4) is 0 Å². The van der Waals surface area contributed by atoms with Gasteiger partial charge in [-0.15, -0.1) is 0 Å². The number of fused-ring (bicyclic) bond motifs is 1. The number of benzene rings is 1. The van der Waals surface area contributed by atoms with Crippen LogP contribution in [-0.2, 0) is 6.61 Å². The average molecular weight is 326 g/mol. The van der Waals surface area contributed by atoms with Crippen LogP contribution in [-0.4, -0.2) is 14.6 Å². The molecule has 0 radical (unpaired) electrons. The van der Waals surface area contributed by atoms with E-state index in [-0.39, 0.29) is 5.92 Å². The van der Waals surface area contributed by atoms with Crippen molar-refractivity contribution in [1.82, 2.24) is 14.6 Å². The number of nitriles is 1. The van der Waals surface area contributed by atoms with Crippen LogP contribution in [0.25, 0.3) is 4.96 Å². The number of aromatic nitrogens is 3. The molecule has 0 saturated carbocycles. The summed E-state index contributed by atoms with van der Waals surface area (Å²) in [6.07, 6.45) is 0. The van der Waals surface area contributed by atoms with Gasteiger partial charge in [-0.2, -0.15) is 14.9 Å². The molecule has 0 bridgehead atoms. The lowest BCUT2D eigenvalue weighted by atomic mass is 10.1. The molecule has 0 saturated heterocycles. The summed E-state index contributed by atoms with van der Waals surface area (Å²) in [6.45, 7) is 8.53. The highest BCUT2D eigenvalue weighted by Gasteiger charge is 2.18. The molecule has 118 valence electrons. The molecule has 0 spiro atoms. The first kappa shape index (κ1) is 15.5. The van der Waals surface area contributed by atoms with E-state index in [9.17, 15) is 5.26 Å². The Kier molecular flexibility index (Phi) is 4.05. The Morgan fingerprint density at radius 3 is 2.83 bits per heavy atom. The fraction of sp³-hybridized carbons (Fsp3) is 0.353. The zero-order valence-corrected chi connectivity index (χ0v) is 14.4. The van der Waals surface area contributed by atoms with Crippen molar-refractivity contribution in [3.8, 4) is 11.8 Å². The second-order valence-corrected chi connectivity index (χ2v) is 6.83. The molecule has 1 aromatic carbocycles. The van der Waals surface area contributed by atoms with Crippen LogP contribution in [0.2, 0.25) is 0 Å². The Balaban J connectivity index is 1.86. The molecule has 23 heavy (non-hydrogen) atoms. The molecule has 0 unspecified atom stereocenters. The number of ether oxygens (including phenoxy) is 1. The smallest absolute Gasteiger partial charge is 0.213 e. The summed E-state index contributed by atoms with van der Waals surface area (Å²) in [6, 6.07) is 8.21. The zero-order chi connectivity index (χ0) is 16.6. The topological polar surface area (TPSA) is 63.2 Å². The summed E-state index contributed by atoms with van der Waals surface area (Å²) in [5.41, 5.74) is 3.65. The second kappa shape index (κ2) is 6.01. The van der Waals surface area contributed by atoms with E-state index < -0.39 is 0 Å². The van der Waals surface area contributed by atoms with Gasteiger partial charge in [-0.05, 0) is 37.0 Å². The van der Waals surface area contributed by atoms with Crippen molar-refractivity contribution in [3.63, 3.8) is 0 Å². The van der Waals surface area contributed by atoms with Gasteiger partial charge >= 0.3 is 0 Å². The predicted molar refractivity (Wildman–Crippen MR) is 89.9 cm³/mol. The van der Waals surface area contributed by atoms with Crippen molar-refractivity contribution in [2.24, 2.45) is 0 Å². The molecule has 2 aromatic heterocycles. The highest BCUT2D eigenvalue weighted by molar-refractivity contribution is 7.16. The molecule has 0 fully saturated rings. The summed E-state index contributed by atoms with van der Waals surface area (Å²) >= 11 is 1.46. The van der Waals surface area contributed by atoms with Gasteiger partial charge in [0.2, 0.25) is 4.96 Å². The van der Waals surface area contributed by atoms with Crippen LogP contribution in [0, 0.1) is 25.2 Å². The van der Waals surface area contributed by atoms with Gasteiger partial charge in [0, 0.05) is 0 Å². The van der Waals surface area contributed by atoms with E-state index in [4.69, 9.17) is 4.74 Å². The lowest BCUT2D eigenvalue weighted by Gasteiger charge is -2.09. The molecule has 0 aliphatic rings. The number of aryl methyl sites for hydroxylation is 1. The first-order valence-corrected chi connectivity index (χ1v) is 8.30. The predicted octanol–water partition coefficient (Wildman–Crippen LogP) is 3.98. The second-order valence-electron chi connectivity index (χ2n) is 5.79. The summed E-state index contributed by atoms with van der Waals surface area (Å²) in [5.74, 6) is 1.06. The minimum absolute atomic E-state index is 0.202. The van der Waals surface area contributed by atoms with Gasteiger partial charge in [-0.25, -0.2) is 4.98 Å². The van der Waals surface area contributed by atoms with Crippen LogP contribution in [0.15, 0.2) is 18.2 Å². The number of nitrogens with zero attached hydrogens (tertiary/aromatic N) is 4. The lowest BCUT2D eigenvalue weighted by Crippen LogP contribution is -2.00. The molecule has 2 heterocycles. The van der Waals surface area contributed by atoms with Crippen LogP contribution in [0.1, 0.15) is 47.3 Å². The Morgan fingerprint density at radius 2 is 2.13 bits per heavy atom. The number of imidazole rings is 1. The van der Waals surface area contributed by atoms with Crippen molar-refractivity contribution >= 4 is 16.3 Å². The quantitative estimate of drug-likeness (QED) is 0.727. The first-order chi connectivity index (χ1) is 11.0. The molecule has 0 aliphatic carbocycles. The molecule has 0 amide bonds. The highest BCUT2D eigenvalue weighted by atomic mass is 32.1. The third kappa shape index (κ3) is 2.80. The summed E-state index contributed by atoms with van der Waals surface area (Å²) in [4.78, 5) is 5.27. The molecule has 3 rings (SSSR count). The molecular formula is C17H18N4OS. The van der Waals surface area contributed by atoms with Crippen molar-refractivity contribution in [3.05, 3.63) is 45.7 Å². The molecule has 6 heteroatoms. The molecular weight excluding hydrogens is 308 g/mol. The molecule has 3 aromatic rings. The maximum absolute atomic E-state index is 9.36. The van der Waals surface area contributed by atoms with Crippen molar-refractivity contribution in [2.45, 2.75) is 40.2 Å². The normalized spacial score (nSPS) is 11.1. The molecule has 5 nitrogen and oxygen atoms in total. The molecule has 0 aliphatic heterocycles. The van der Waals surface area contributed by atoms with Gasteiger partial charge < -0.3 is 4.74 Å².